The van der Waals surface area contributed by atoms with E-state index in [0.717, 1.165) is 38.5 Å². The number of hydrogen-bond donors (Lipinski definition) is 4. The topological polar surface area (TPSA) is 108 Å². The van der Waals surface area contributed by atoms with Gasteiger partial charge in [-0.25, -0.2) is 0 Å². The number of hydrogen-bond acceptors (Lipinski definition) is 3. The minimum absolute atomic E-state index is 0.0597. The molecule has 7 heteroatoms. The third kappa shape index (κ3) is 4.15. The van der Waals surface area contributed by atoms with Crippen molar-refractivity contribution in [3.63, 3.8) is 0 Å². The normalized spacial score (nSPS) is 24.4. The zero-order valence-electron chi connectivity index (χ0n) is 11.2. The zero-order valence-corrected chi connectivity index (χ0v) is 12.1. The maximum absolute atomic E-state index is 12.1. The Kier molecular flexibility index (Phi) is 4.47. The second-order valence-electron chi connectivity index (χ2n) is 5.76. The third-order valence-corrected chi connectivity index (χ3v) is 5.25. The molecule has 0 atom stereocenters. The molecular formula is C12H24N4O2S. The Balaban J connectivity index is 2.10. The summed E-state index contributed by atoms with van der Waals surface area (Å²) in [6.45, 7) is 0. The van der Waals surface area contributed by atoms with Crippen LogP contribution in [-0.4, -0.2) is 25.8 Å². The molecule has 0 aliphatic heterocycles. The van der Waals surface area contributed by atoms with Crippen LogP contribution < -0.4 is 15.2 Å². The first-order valence-corrected chi connectivity index (χ1v) is 8.58. The Morgan fingerprint density at radius 1 is 1.11 bits per heavy atom. The van der Waals surface area contributed by atoms with Gasteiger partial charge in [0.1, 0.15) is 5.84 Å². The van der Waals surface area contributed by atoms with Gasteiger partial charge in [-0.2, -0.15) is 17.9 Å². The van der Waals surface area contributed by atoms with Crippen molar-refractivity contribution in [1.82, 2.24) is 9.44 Å². The van der Waals surface area contributed by atoms with Crippen LogP contribution in [0.2, 0.25) is 0 Å². The van der Waals surface area contributed by atoms with Crippen LogP contribution in [0.5, 0.6) is 0 Å². The van der Waals surface area contributed by atoms with E-state index in [4.69, 9.17) is 11.1 Å². The molecule has 5 N–H and O–H groups in total. The van der Waals surface area contributed by atoms with Gasteiger partial charge >= 0.3 is 0 Å². The molecule has 0 spiro atoms. The summed E-state index contributed by atoms with van der Waals surface area (Å²) in [6, 6.07) is 0.0649. The van der Waals surface area contributed by atoms with Crippen molar-refractivity contribution >= 4 is 16.0 Å². The van der Waals surface area contributed by atoms with Gasteiger partial charge in [-0.1, -0.05) is 32.1 Å². The molecule has 0 saturated heterocycles. The van der Waals surface area contributed by atoms with Crippen molar-refractivity contribution in [3.8, 4) is 0 Å². The van der Waals surface area contributed by atoms with Crippen LogP contribution in [0.4, 0.5) is 0 Å². The zero-order chi connectivity index (χ0) is 13.9. The van der Waals surface area contributed by atoms with E-state index >= 15 is 0 Å². The highest BCUT2D eigenvalue weighted by atomic mass is 32.2. The molecule has 0 bridgehead atoms. The van der Waals surface area contributed by atoms with Crippen molar-refractivity contribution in [2.75, 3.05) is 0 Å². The minimum Gasteiger partial charge on any atom is -0.386 e. The van der Waals surface area contributed by atoms with E-state index in [-0.39, 0.29) is 11.9 Å². The lowest BCUT2D eigenvalue weighted by molar-refractivity contribution is 0.365. The first-order chi connectivity index (χ1) is 8.94. The number of nitrogens with two attached hydrogens (primary N) is 1. The Morgan fingerprint density at radius 2 is 1.63 bits per heavy atom. The van der Waals surface area contributed by atoms with E-state index in [0.29, 0.717) is 12.8 Å². The number of rotatable bonds is 5. The van der Waals surface area contributed by atoms with E-state index in [1.165, 1.54) is 6.42 Å². The van der Waals surface area contributed by atoms with Gasteiger partial charge in [0, 0.05) is 6.04 Å². The molecule has 0 heterocycles. The Labute approximate surface area is 115 Å². The highest BCUT2D eigenvalue weighted by molar-refractivity contribution is 7.87. The lowest BCUT2D eigenvalue weighted by Crippen LogP contribution is -2.59. The van der Waals surface area contributed by atoms with Crippen LogP contribution in [0.25, 0.3) is 0 Å². The van der Waals surface area contributed by atoms with Crippen molar-refractivity contribution in [1.29, 1.82) is 5.41 Å². The summed E-state index contributed by atoms with van der Waals surface area (Å²) in [7, 11) is -3.57. The Bertz CT molecular complexity index is 423. The fraction of sp³-hybridized carbons (Fsp3) is 0.917. The van der Waals surface area contributed by atoms with Crippen molar-refractivity contribution < 1.29 is 8.42 Å². The second kappa shape index (κ2) is 5.76. The molecule has 19 heavy (non-hydrogen) atoms. The lowest BCUT2D eigenvalue weighted by atomic mass is 9.84. The summed E-state index contributed by atoms with van der Waals surface area (Å²) >= 11 is 0. The van der Waals surface area contributed by atoms with E-state index in [1.54, 1.807) is 0 Å². The number of nitrogens with one attached hydrogen (secondary N) is 3. The summed E-state index contributed by atoms with van der Waals surface area (Å²) in [5.74, 6) is -0.0597. The molecule has 0 radical (unpaired) electrons. The summed E-state index contributed by atoms with van der Waals surface area (Å²) in [4.78, 5) is 0. The average Bonchev–Trinajstić information content (AvgIpc) is 3.04. The van der Waals surface area contributed by atoms with E-state index < -0.39 is 15.7 Å². The molecule has 110 valence electrons. The van der Waals surface area contributed by atoms with E-state index in [1.807, 2.05) is 0 Å². The predicted molar refractivity (Wildman–Crippen MR) is 75.2 cm³/mol. The molecule has 2 saturated carbocycles. The first-order valence-electron chi connectivity index (χ1n) is 7.09. The molecule has 0 aromatic carbocycles. The second-order valence-corrected chi connectivity index (χ2v) is 7.21. The van der Waals surface area contributed by atoms with Gasteiger partial charge in [0.15, 0.2) is 0 Å². The van der Waals surface area contributed by atoms with Crippen LogP contribution in [-0.2, 0) is 10.2 Å². The van der Waals surface area contributed by atoms with Gasteiger partial charge in [-0.05, 0) is 25.7 Å². The first kappa shape index (κ1) is 14.7. The molecule has 2 rings (SSSR count). The minimum atomic E-state index is -3.57. The van der Waals surface area contributed by atoms with Crippen LogP contribution in [0.3, 0.4) is 0 Å². The Hall–Kier alpha value is -0.660. The molecule has 0 unspecified atom stereocenters. The SMILES string of the molecule is N=C(N)C1(NS(=O)(=O)NC2CC2)CCCCCCC1. The van der Waals surface area contributed by atoms with Crippen molar-refractivity contribution in [3.05, 3.63) is 0 Å². The summed E-state index contributed by atoms with van der Waals surface area (Å²) in [6.07, 6.45) is 8.18. The van der Waals surface area contributed by atoms with Gasteiger partial charge in [0.2, 0.25) is 0 Å². The smallest absolute Gasteiger partial charge is 0.278 e. The predicted octanol–water partition coefficient (Wildman–Crippen LogP) is 0.992. The Morgan fingerprint density at radius 3 is 2.11 bits per heavy atom. The molecule has 2 fully saturated rings. The standard InChI is InChI=1S/C12H24N4O2S/c13-11(14)12(8-4-2-1-3-5-9-12)16-19(17,18)15-10-6-7-10/h10,15-16H,1-9H2,(H3,13,14). The van der Waals surface area contributed by atoms with Crippen LogP contribution in [0, 0.1) is 5.41 Å². The molecular weight excluding hydrogens is 264 g/mol. The monoisotopic (exact) mass is 288 g/mol. The molecule has 0 aromatic rings. The van der Waals surface area contributed by atoms with Crippen LogP contribution in [0.1, 0.15) is 57.8 Å². The van der Waals surface area contributed by atoms with Crippen LogP contribution >= 0.6 is 0 Å². The highest BCUT2D eigenvalue weighted by Crippen LogP contribution is 2.27. The maximum atomic E-state index is 12.1. The summed E-state index contributed by atoms with van der Waals surface area (Å²) < 4.78 is 29.4. The van der Waals surface area contributed by atoms with E-state index in [9.17, 15) is 8.42 Å². The average molecular weight is 288 g/mol. The summed E-state index contributed by atoms with van der Waals surface area (Å²) in [5, 5.41) is 7.81. The molecule has 0 amide bonds. The van der Waals surface area contributed by atoms with Gasteiger partial charge in [-0.15, -0.1) is 0 Å². The van der Waals surface area contributed by atoms with Gasteiger partial charge in [-0.3, -0.25) is 5.41 Å². The molecule has 6 nitrogen and oxygen atoms in total. The fourth-order valence-electron chi connectivity index (χ4n) is 2.64. The summed E-state index contributed by atoms with van der Waals surface area (Å²) in [5.41, 5.74) is 4.82. The van der Waals surface area contributed by atoms with E-state index in [2.05, 4.69) is 9.44 Å². The molecule has 2 aliphatic rings. The van der Waals surface area contributed by atoms with Crippen LogP contribution in [0.15, 0.2) is 0 Å². The quantitative estimate of drug-likeness (QED) is 0.447. The maximum Gasteiger partial charge on any atom is 0.278 e. The van der Waals surface area contributed by atoms with Gasteiger partial charge in [0.25, 0.3) is 10.2 Å². The third-order valence-electron chi connectivity index (χ3n) is 3.95. The largest absolute Gasteiger partial charge is 0.386 e. The molecule has 0 aromatic heterocycles. The fourth-order valence-corrected chi connectivity index (χ4v) is 4.20. The van der Waals surface area contributed by atoms with Gasteiger partial charge in [0.05, 0.1) is 5.54 Å². The van der Waals surface area contributed by atoms with Crippen molar-refractivity contribution in [2.24, 2.45) is 5.73 Å². The van der Waals surface area contributed by atoms with Gasteiger partial charge < -0.3 is 5.73 Å². The molecule has 2 aliphatic carbocycles. The highest BCUT2D eigenvalue weighted by Gasteiger charge is 2.39. The lowest BCUT2D eigenvalue weighted by Gasteiger charge is -2.34. The number of amidine groups is 1. The van der Waals surface area contributed by atoms with Crippen molar-refractivity contribution in [2.45, 2.75) is 69.4 Å².